The lowest BCUT2D eigenvalue weighted by atomic mass is 10.2. The number of nitrogens with one attached hydrogen (secondary N) is 1. The second-order valence-corrected chi connectivity index (χ2v) is 9.05. The first-order valence-electron chi connectivity index (χ1n) is 12.3. The van der Waals surface area contributed by atoms with Crippen molar-refractivity contribution in [3.63, 3.8) is 0 Å². The number of hydrogen-bond acceptors (Lipinski definition) is 5. The molecule has 2 saturated heterocycles. The zero-order valence-electron chi connectivity index (χ0n) is 20.3. The molecule has 0 radical (unpaired) electrons. The summed E-state index contributed by atoms with van der Waals surface area (Å²) in [5.41, 5.74) is 1.16. The van der Waals surface area contributed by atoms with Crippen molar-refractivity contribution >= 4 is 29.1 Å². The molecule has 2 aromatic carbocycles. The summed E-state index contributed by atoms with van der Waals surface area (Å²) in [6.45, 7) is 4.13. The number of amides is 3. The smallest absolute Gasteiger partial charge is 0.321 e. The van der Waals surface area contributed by atoms with E-state index in [1.165, 1.54) is 24.3 Å². The molecule has 1 aromatic heterocycles. The molecule has 0 spiro atoms. The van der Waals surface area contributed by atoms with Crippen molar-refractivity contribution in [2.24, 2.45) is 0 Å². The van der Waals surface area contributed by atoms with E-state index in [0.29, 0.717) is 50.6 Å². The number of hydrogen-bond donors (Lipinski definition) is 1. The van der Waals surface area contributed by atoms with Crippen molar-refractivity contribution in [1.82, 2.24) is 14.8 Å². The van der Waals surface area contributed by atoms with Gasteiger partial charge in [-0.2, -0.15) is 0 Å². The van der Waals surface area contributed by atoms with E-state index in [0.717, 1.165) is 18.9 Å². The maximum absolute atomic E-state index is 15.0. The number of carbonyl (C=O) groups excluding carboxylic acids is 2. The van der Waals surface area contributed by atoms with Crippen molar-refractivity contribution in [3.8, 4) is 0 Å². The van der Waals surface area contributed by atoms with Crippen LogP contribution in [0, 0.1) is 11.6 Å². The van der Waals surface area contributed by atoms with Gasteiger partial charge in [0.1, 0.15) is 17.5 Å². The van der Waals surface area contributed by atoms with Crippen molar-refractivity contribution in [2.75, 3.05) is 67.5 Å². The average molecular weight is 507 g/mol. The summed E-state index contributed by atoms with van der Waals surface area (Å²) in [7, 11) is 0. The zero-order chi connectivity index (χ0) is 25.8. The number of rotatable bonds is 4. The molecular formula is C27H28F2N6O2. The fraction of sp³-hybridized carbons (Fsp3) is 0.296. The van der Waals surface area contributed by atoms with Gasteiger partial charge in [-0.1, -0.05) is 12.1 Å². The van der Waals surface area contributed by atoms with Gasteiger partial charge in [0.05, 0.1) is 5.69 Å². The highest BCUT2D eigenvalue weighted by molar-refractivity contribution is 5.94. The lowest BCUT2D eigenvalue weighted by molar-refractivity contribution is 0.0671. The average Bonchev–Trinajstić information content (AvgIpc) is 2.93. The lowest BCUT2D eigenvalue weighted by Gasteiger charge is -2.37. The normalized spacial score (nSPS) is 16.1. The molecule has 0 atom stereocenters. The Balaban J connectivity index is 1.13. The van der Waals surface area contributed by atoms with E-state index in [1.54, 1.807) is 34.2 Å². The SMILES string of the molecule is O=C(Nc1ccc(N2CCN(c3ccccn3)CC2)c(F)c1)N1CCN(C(=O)c2cccc(F)c2)CC1. The number of nitrogens with zero attached hydrogens (tertiary/aromatic N) is 5. The number of carbonyl (C=O) groups is 2. The first-order valence-corrected chi connectivity index (χ1v) is 12.3. The van der Waals surface area contributed by atoms with Crippen molar-refractivity contribution in [1.29, 1.82) is 0 Å². The van der Waals surface area contributed by atoms with Gasteiger partial charge in [0.2, 0.25) is 0 Å². The Hall–Kier alpha value is -4.21. The number of pyridine rings is 1. The van der Waals surface area contributed by atoms with E-state index >= 15 is 0 Å². The van der Waals surface area contributed by atoms with E-state index in [-0.39, 0.29) is 17.5 Å². The van der Waals surface area contributed by atoms with E-state index in [4.69, 9.17) is 0 Å². The first-order chi connectivity index (χ1) is 18.0. The highest BCUT2D eigenvalue weighted by Crippen LogP contribution is 2.25. The van der Waals surface area contributed by atoms with Gasteiger partial charge < -0.3 is 24.9 Å². The van der Waals surface area contributed by atoms with E-state index in [1.807, 2.05) is 23.1 Å². The molecule has 5 rings (SSSR count). The number of aromatic nitrogens is 1. The van der Waals surface area contributed by atoms with Crippen LogP contribution < -0.4 is 15.1 Å². The van der Waals surface area contributed by atoms with Gasteiger partial charge in [0.15, 0.2) is 0 Å². The molecular weight excluding hydrogens is 478 g/mol. The van der Waals surface area contributed by atoms with Gasteiger partial charge in [-0.15, -0.1) is 0 Å². The summed E-state index contributed by atoms with van der Waals surface area (Å²) >= 11 is 0. The minimum Gasteiger partial charge on any atom is -0.366 e. The molecule has 3 heterocycles. The third-order valence-electron chi connectivity index (χ3n) is 6.72. The lowest BCUT2D eigenvalue weighted by Crippen LogP contribution is -2.51. The fourth-order valence-corrected chi connectivity index (χ4v) is 4.68. The topological polar surface area (TPSA) is 72.0 Å². The Bertz CT molecular complexity index is 1260. The molecule has 0 saturated carbocycles. The minimum atomic E-state index is -0.464. The standard InChI is InChI=1S/C27H28F2N6O2/c28-21-5-3-4-20(18-21)26(36)34-14-16-35(17-15-34)27(37)31-22-7-8-24(23(29)19-22)32-10-12-33(13-11-32)25-6-1-2-9-30-25/h1-9,18-19H,10-17H2,(H,31,37). The quantitative estimate of drug-likeness (QED) is 0.585. The van der Waals surface area contributed by atoms with E-state index < -0.39 is 11.6 Å². The third-order valence-corrected chi connectivity index (χ3v) is 6.72. The van der Waals surface area contributed by atoms with Gasteiger partial charge >= 0.3 is 6.03 Å². The Morgan fingerprint density at radius 1 is 0.757 bits per heavy atom. The monoisotopic (exact) mass is 506 g/mol. The summed E-state index contributed by atoms with van der Waals surface area (Å²) in [6.07, 6.45) is 1.76. The van der Waals surface area contributed by atoms with Gasteiger partial charge in [0, 0.05) is 69.8 Å². The van der Waals surface area contributed by atoms with Crippen LogP contribution in [0.3, 0.4) is 0 Å². The molecule has 0 bridgehead atoms. The summed E-state index contributed by atoms with van der Waals surface area (Å²) < 4.78 is 28.4. The van der Waals surface area contributed by atoms with E-state index in [9.17, 15) is 18.4 Å². The van der Waals surface area contributed by atoms with Crippen LogP contribution in [-0.2, 0) is 0 Å². The number of benzene rings is 2. The Morgan fingerprint density at radius 2 is 1.49 bits per heavy atom. The predicted molar refractivity (Wildman–Crippen MR) is 138 cm³/mol. The highest BCUT2D eigenvalue weighted by Gasteiger charge is 2.26. The van der Waals surface area contributed by atoms with Crippen LogP contribution in [0.2, 0.25) is 0 Å². The third kappa shape index (κ3) is 5.63. The highest BCUT2D eigenvalue weighted by atomic mass is 19.1. The second-order valence-electron chi connectivity index (χ2n) is 9.05. The zero-order valence-corrected chi connectivity index (χ0v) is 20.3. The van der Waals surface area contributed by atoms with Crippen molar-refractivity contribution < 1.29 is 18.4 Å². The van der Waals surface area contributed by atoms with E-state index in [2.05, 4.69) is 15.2 Å². The summed E-state index contributed by atoms with van der Waals surface area (Å²) in [5.74, 6) is -0.207. The first kappa shape index (κ1) is 24.5. The Labute approximate surface area is 214 Å². The molecule has 0 unspecified atom stereocenters. The summed E-state index contributed by atoms with van der Waals surface area (Å²) in [4.78, 5) is 37.1. The van der Waals surface area contributed by atoms with Crippen LogP contribution in [0.15, 0.2) is 66.9 Å². The fourth-order valence-electron chi connectivity index (χ4n) is 4.68. The van der Waals surface area contributed by atoms with Gasteiger partial charge in [0.25, 0.3) is 5.91 Å². The van der Waals surface area contributed by atoms with Gasteiger partial charge in [-0.3, -0.25) is 4.79 Å². The molecule has 0 aliphatic carbocycles. The molecule has 10 heteroatoms. The molecule has 37 heavy (non-hydrogen) atoms. The number of piperazine rings is 2. The van der Waals surface area contributed by atoms with Crippen LogP contribution in [0.5, 0.6) is 0 Å². The Morgan fingerprint density at radius 3 is 2.16 bits per heavy atom. The van der Waals surface area contributed by atoms with Crippen molar-refractivity contribution in [3.05, 3.63) is 84.1 Å². The number of anilines is 3. The maximum atomic E-state index is 15.0. The van der Waals surface area contributed by atoms with Crippen LogP contribution in [0.1, 0.15) is 10.4 Å². The van der Waals surface area contributed by atoms with Crippen molar-refractivity contribution in [2.45, 2.75) is 0 Å². The molecule has 3 amide bonds. The summed E-state index contributed by atoms with van der Waals surface area (Å²) in [5, 5.41) is 2.75. The molecule has 192 valence electrons. The van der Waals surface area contributed by atoms with Gasteiger partial charge in [-0.25, -0.2) is 18.6 Å². The number of halogens is 2. The molecule has 2 fully saturated rings. The molecule has 8 nitrogen and oxygen atoms in total. The minimum absolute atomic E-state index is 0.266. The van der Waals surface area contributed by atoms with Gasteiger partial charge in [-0.05, 0) is 48.5 Å². The predicted octanol–water partition coefficient (Wildman–Crippen LogP) is 3.68. The van der Waals surface area contributed by atoms with Crippen LogP contribution in [0.25, 0.3) is 0 Å². The molecule has 2 aliphatic rings. The second kappa shape index (κ2) is 10.8. The number of urea groups is 1. The Kier molecular flexibility index (Phi) is 7.16. The molecule has 3 aromatic rings. The van der Waals surface area contributed by atoms with Crippen LogP contribution in [0.4, 0.5) is 30.8 Å². The maximum Gasteiger partial charge on any atom is 0.321 e. The molecule has 1 N–H and O–H groups in total. The largest absolute Gasteiger partial charge is 0.366 e. The summed E-state index contributed by atoms with van der Waals surface area (Å²) in [6, 6.07) is 15.7. The molecule has 2 aliphatic heterocycles. The van der Waals surface area contributed by atoms with Crippen LogP contribution in [-0.4, -0.2) is 79.1 Å². The van der Waals surface area contributed by atoms with Crippen LogP contribution >= 0.6 is 0 Å².